The van der Waals surface area contributed by atoms with Crippen molar-refractivity contribution in [3.63, 3.8) is 0 Å². The van der Waals surface area contributed by atoms with Crippen LogP contribution in [0.2, 0.25) is 0 Å². The van der Waals surface area contributed by atoms with Crippen LogP contribution in [-0.4, -0.2) is 48.1 Å². The van der Waals surface area contributed by atoms with Gasteiger partial charge in [-0.2, -0.15) is 0 Å². The number of carbonyl (C=O) groups is 2. The van der Waals surface area contributed by atoms with E-state index >= 15 is 0 Å². The third-order valence-corrected chi connectivity index (χ3v) is 5.70. The Balaban J connectivity index is 1.55. The predicted octanol–water partition coefficient (Wildman–Crippen LogP) is 2.66. The summed E-state index contributed by atoms with van der Waals surface area (Å²) in [5.74, 6) is -0.288. The molecule has 1 aliphatic carbocycles. The van der Waals surface area contributed by atoms with Crippen LogP contribution in [0.4, 0.5) is 5.69 Å². The number of carboxylic acid groups (broad SMARTS) is 1. The summed E-state index contributed by atoms with van der Waals surface area (Å²) in [4.78, 5) is 27.9. The molecular formula is C17H18N2O3S. The fourth-order valence-corrected chi connectivity index (χ4v) is 4.10. The summed E-state index contributed by atoms with van der Waals surface area (Å²) in [5, 5.41) is 10.2. The SMILES string of the molecule is O=C(O)c1cc2c(N3CCN(C(=O)C4CC4)CC3)cccc2s1. The van der Waals surface area contributed by atoms with E-state index in [1.165, 1.54) is 11.3 Å². The molecule has 1 saturated carbocycles. The minimum absolute atomic E-state index is 0.278. The Hall–Kier alpha value is -2.08. The number of aromatic carboxylic acids is 1. The van der Waals surface area contributed by atoms with Crippen LogP contribution < -0.4 is 4.90 Å². The summed E-state index contributed by atoms with van der Waals surface area (Å²) in [5.41, 5.74) is 1.07. The molecule has 2 heterocycles. The molecule has 0 atom stereocenters. The van der Waals surface area contributed by atoms with Crippen molar-refractivity contribution in [3.8, 4) is 0 Å². The van der Waals surface area contributed by atoms with Gasteiger partial charge in [0.05, 0.1) is 0 Å². The van der Waals surface area contributed by atoms with Gasteiger partial charge in [-0.15, -0.1) is 11.3 Å². The van der Waals surface area contributed by atoms with Gasteiger partial charge >= 0.3 is 5.97 Å². The molecule has 120 valence electrons. The topological polar surface area (TPSA) is 60.9 Å². The number of hydrogen-bond acceptors (Lipinski definition) is 4. The number of thiophene rings is 1. The maximum absolute atomic E-state index is 12.1. The highest BCUT2D eigenvalue weighted by Gasteiger charge is 2.34. The van der Waals surface area contributed by atoms with Crippen LogP contribution in [-0.2, 0) is 4.79 Å². The monoisotopic (exact) mass is 330 g/mol. The molecule has 1 aromatic carbocycles. The molecule has 1 amide bonds. The first-order valence-electron chi connectivity index (χ1n) is 7.93. The molecular weight excluding hydrogens is 312 g/mol. The fourth-order valence-electron chi connectivity index (χ4n) is 3.18. The molecule has 0 spiro atoms. The molecule has 2 aromatic rings. The van der Waals surface area contributed by atoms with Crippen molar-refractivity contribution in [2.24, 2.45) is 5.92 Å². The zero-order valence-corrected chi connectivity index (χ0v) is 13.5. The number of carboxylic acids is 1. The normalized spacial score (nSPS) is 18.4. The molecule has 5 nitrogen and oxygen atoms in total. The molecule has 1 N–H and O–H groups in total. The molecule has 4 rings (SSSR count). The number of piperazine rings is 1. The van der Waals surface area contributed by atoms with Crippen LogP contribution >= 0.6 is 11.3 Å². The Morgan fingerprint density at radius 3 is 2.52 bits per heavy atom. The largest absolute Gasteiger partial charge is 0.477 e. The molecule has 0 unspecified atom stereocenters. The van der Waals surface area contributed by atoms with Gasteiger partial charge in [0, 0.05) is 47.9 Å². The zero-order valence-electron chi connectivity index (χ0n) is 12.7. The lowest BCUT2D eigenvalue weighted by molar-refractivity contribution is -0.132. The highest BCUT2D eigenvalue weighted by atomic mass is 32.1. The molecule has 1 aliphatic heterocycles. The first-order chi connectivity index (χ1) is 11.1. The Morgan fingerprint density at radius 1 is 1.13 bits per heavy atom. The van der Waals surface area contributed by atoms with E-state index in [4.69, 9.17) is 0 Å². The predicted molar refractivity (Wildman–Crippen MR) is 90.3 cm³/mol. The molecule has 1 aromatic heterocycles. The molecule has 6 heteroatoms. The van der Waals surface area contributed by atoms with E-state index in [9.17, 15) is 14.7 Å². The first-order valence-corrected chi connectivity index (χ1v) is 8.75. The maximum Gasteiger partial charge on any atom is 0.345 e. The third-order valence-electron chi connectivity index (χ3n) is 4.61. The highest BCUT2D eigenvalue weighted by Crippen LogP contribution is 2.35. The summed E-state index contributed by atoms with van der Waals surface area (Å²) in [6.07, 6.45) is 2.09. The summed E-state index contributed by atoms with van der Waals surface area (Å²) >= 11 is 1.31. The minimum Gasteiger partial charge on any atom is -0.477 e. The van der Waals surface area contributed by atoms with Gasteiger partial charge in [0.1, 0.15) is 4.88 Å². The standard InChI is InChI=1S/C17H18N2O3S/c20-16(11-4-5-11)19-8-6-18(7-9-19)13-2-1-3-14-12(13)10-15(23-14)17(21)22/h1-3,10-11H,4-9H2,(H,21,22). The number of fused-ring (bicyclic) bond motifs is 1. The van der Waals surface area contributed by atoms with E-state index in [1.54, 1.807) is 6.07 Å². The molecule has 1 saturated heterocycles. The lowest BCUT2D eigenvalue weighted by Gasteiger charge is -2.36. The quantitative estimate of drug-likeness (QED) is 0.940. The lowest BCUT2D eigenvalue weighted by Crippen LogP contribution is -2.49. The number of hydrogen-bond donors (Lipinski definition) is 1. The van der Waals surface area contributed by atoms with Crippen LogP contribution in [0.25, 0.3) is 10.1 Å². The van der Waals surface area contributed by atoms with Crippen LogP contribution in [0.5, 0.6) is 0 Å². The van der Waals surface area contributed by atoms with E-state index in [0.717, 1.165) is 54.8 Å². The zero-order chi connectivity index (χ0) is 16.0. The van der Waals surface area contributed by atoms with E-state index in [2.05, 4.69) is 4.90 Å². The van der Waals surface area contributed by atoms with Gasteiger partial charge in [-0.3, -0.25) is 4.79 Å². The van der Waals surface area contributed by atoms with Gasteiger partial charge in [-0.05, 0) is 31.0 Å². The van der Waals surface area contributed by atoms with Gasteiger partial charge < -0.3 is 14.9 Å². The third kappa shape index (κ3) is 2.67. The van der Waals surface area contributed by atoms with E-state index in [1.807, 2.05) is 23.1 Å². The molecule has 0 bridgehead atoms. The summed E-state index contributed by atoms with van der Waals surface area (Å²) < 4.78 is 0.997. The molecule has 2 aliphatic rings. The molecule has 23 heavy (non-hydrogen) atoms. The second-order valence-electron chi connectivity index (χ2n) is 6.19. The Kier molecular flexibility index (Phi) is 3.49. The lowest BCUT2D eigenvalue weighted by atomic mass is 10.1. The van der Waals surface area contributed by atoms with Gasteiger partial charge in [-0.1, -0.05) is 6.07 Å². The molecule has 2 fully saturated rings. The van der Waals surface area contributed by atoms with Crippen LogP contribution in [0.15, 0.2) is 24.3 Å². The van der Waals surface area contributed by atoms with Crippen molar-refractivity contribution < 1.29 is 14.7 Å². The number of anilines is 1. The van der Waals surface area contributed by atoms with Crippen LogP contribution in [0.3, 0.4) is 0 Å². The summed E-state index contributed by atoms with van der Waals surface area (Å²) in [6, 6.07) is 7.74. The summed E-state index contributed by atoms with van der Waals surface area (Å²) in [6.45, 7) is 3.11. The minimum atomic E-state index is -0.878. The second kappa shape index (κ2) is 5.53. The smallest absolute Gasteiger partial charge is 0.345 e. The fraction of sp³-hybridized carbons (Fsp3) is 0.412. The number of rotatable bonds is 3. The maximum atomic E-state index is 12.1. The number of nitrogens with zero attached hydrogens (tertiary/aromatic N) is 2. The van der Waals surface area contributed by atoms with E-state index < -0.39 is 5.97 Å². The van der Waals surface area contributed by atoms with Crippen molar-refractivity contribution in [2.45, 2.75) is 12.8 Å². The van der Waals surface area contributed by atoms with Gasteiger partial charge in [-0.25, -0.2) is 4.79 Å². The Bertz CT molecular complexity index is 773. The Labute approximate surface area is 138 Å². The average molecular weight is 330 g/mol. The first kappa shape index (κ1) is 14.5. The average Bonchev–Trinajstić information content (AvgIpc) is 3.31. The van der Waals surface area contributed by atoms with Crippen molar-refractivity contribution in [1.82, 2.24) is 4.90 Å². The molecule has 0 radical (unpaired) electrons. The van der Waals surface area contributed by atoms with Gasteiger partial charge in [0.15, 0.2) is 0 Å². The van der Waals surface area contributed by atoms with Crippen LogP contribution in [0, 0.1) is 5.92 Å². The Morgan fingerprint density at radius 2 is 1.87 bits per heavy atom. The van der Waals surface area contributed by atoms with Crippen molar-refractivity contribution in [3.05, 3.63) is 29.1 Å². The van der Waals surface area contributed by atoms with E-state index in [-0.39, 0.29) is 5.92 Å². The second-order valence-corrected chi connectivity index (χ2v) is 7.28. The van der Waals surface area contributed by atoms with Crippen molar-refractivity contribution >= 4 is 39.0 Å². The van der Waals surface area contributed by atoms with Gasteiger partial charge in [0.2, 0.25) is 5.91 Å². The van der Waals surface area contributed by atoms with Gasteiger partial charge in [0.25, 0.3) is 0 Å². The van der Waals surface area contributed by atoms with Crippen molar-refractivity contribution in [2.75, 3.05) is 31.1 Å². The highest BCUT2D eigenvalue weighted by molar-refractivity contribution is 7.20. The van der Waals surface area contributed by atoms with Crippen LogP contribution in [0.1, 0.15) is 22.5 Å². The van der Waals surface area contributed by atoms with E-state index in [0.29, 0.717) is 10.8 Å². The number of carbonyl (C=O) groups excluding carboxylic acids is 1. The van der Waals surface area contributed by atoms with Crippen molar-refractivity contribution in [1.29, 1.82) is 0 Å². The summed E-state index contributed by atoms with van der Waals surface area (Å²) in [7, 11) is 0. The number of amides is 1. The number of benzene rings is 1.